The molecule has 0 aliphatic carbocycles. The minimum atomic E-state index is -1.73. The van der Waals surface area contributed by atoms with Gasteiger partial charge in [-0.15, -0.1) is 0 Å². The van der Waals surface area contributed by atoms with E-state index in [1.165, 1.54) is 0 Å². The zero-order chi connectivity index (χ0) is 19.9. The summed E-state index contributed by atoms with van der Waals surface area (Å²) in [6, 6.07) is 6.09. The highest BCUT2D eigenvalue weighted by Crippen LogP contribution is 2.13. The fourth-order valence-corrected chi connectivity index (χ4v) is 3.02. The summed E-state index contributed by atoms with van der Waals surface area (Å²) >= 11 is 0. The Hall–Kier alpha value is -2.09. The van der Waals surface area contributed by atoms with E-state index in [0.717, 1.165) is 5.69 Å². The number of carbonyl (C=O) groups excluding carboxylic acids is 2. The van der Waals surface area contributed by atoms with E-state index in [9.17, 15) is 13.8 Å². The van der Waals surface area contributed by atoms with Gasteiger partial charge in [0.05, 0.1) is 4.90 Å². The van der Waals surface area contributed by atoms with Gasteiger partial charge < -0.3 is 15.4 Å². The maximum atomic E-state index is 12.5. The van der Waals surface area contributed by atoms with E-state index in [1.54, 1.807) is 46.0 Å². The number of nitrogens with one attached hydrogen (secondary N) is 3. The molecule has 7 nitrogen and oxygen atoms in total. The van der Waals surface area contributed by atoms with Crippen molar-refractivity contribution < 1.29 is 18.5 Å². The lowest BCUT2D eigenvalue weighted by atomic mass is 10.0. The fourth-order valence-electron chi connectivity index (χ4n) is 2.14. The van der Waals surface area contributed by atoms with Crippen molar-refractivity contribution in [3.63, 3.8) is 0 Å². The molecule has 0 aliphatic heterocycles. The smallest absolute Gasteiger partial charge is 0.408 e. The quantitative estimate of drug-likeness (QED) is 0.673. The number of carbonyl (C=O) groups is 2. The standard InChI is InChI=1S/C18H29N3O4S/c1-12(2)10-15(20-17(23)25-18(3,4)5)16(22)21-26(24)14-9-7-8-13(11-14)19-6/h7-9,11-12,15,19H,10H2,1-6H3,(H,20,23)(H,21,22). The van der Waals surface area contributed by atoms with Crippen LogP contribution in [0.2, 0.25) is 0 Å². The summed E-state index contributed by atoms with van der Waals surface area (Å²) in [5.41, 5.74) is 0.120. The topological polar surface area (TPSA) is 96.5 Å². The molecule has 0 aliphatic rings. The van der Waals surface area contributed by atoms with Gasteiger partial charge in [0.15, 0.2) is 11.0 Å². The van der Waals surface area contributed by atoms with E-state index < -0.39 is 34.6 Å². The molecule has 1 aromatic rings. The van der Waals surface area contributed by atoms with Crippen LogP contribution in [0.5, 0.6) is 0 Å². The van der Waals surface area contributed by atoms with E-state index in [1.807, 2.05) is 19.9 Å². The molecule has 2 atom stereocenters. The van der Waals surface area contributed by atoms with Crippen molar-refractivity contribution in [3.8, 4) is 0 Å². The van der Waals surface area contributed by atoms with Crippen molar-refractivity contribution in [1.82, 2.24) is 10.0 Å². The summed E-state index contributed by atoms with van der Waals surface area (Å²) in [4.78, 5) is 25.0. The lowest BCUT2D eigenvalue weighted by Crippen LogP contribution is -2.49. The van der Waals surface area contributed by atoms with Gasteiger partial charge in [-0.1, -0.05) is 19.9 Å². The Morgan fingerprint density at radius 3 is 2.42 bits per heavy atom. The van der Waals surface area contributed by atoms with E-state index in [-0.39, 0.29) is 5.92 Å². The van der Waals surface area contributed by atoms with Gasteiger partial charge in [0.25, 0.3) is 5.91 Å². The Kier molecular flexibility index (Phi) is 8.08. The minimum absolute atomic E-state index is 0.154. The number of hydrogen-bond donors (Lipinski definition) is 3. The summed E-state index contributed by atoms with van der Waals surface area (Å²) in [5.74, 6) is -0.362. The van der Waals surface area contributed by atoms with Crippen LogP contribution in [0.3, 0.4) is 0 Å². The zero-order valence-electron chi connectivity index (χ0n) is 16.2. The zero-order valence-corrected chi connectivity index (χ0v) is 17.0. The highest BCUT2D eigenvalue weighted by molar-refractivity contribution is 7.83. The molecule has 2 amide bonds. The lowest BCUT2D eigenvalue weighted by molar-refractivity contribution is -0.121. The van der Waals surface area contributed by atoms with Gasteiger partial charge in [-0.3, -0.25) is 9.52 Å². The van der Waals surface area contributed by atoms with Gasteiger partial charge in [0, 0.05) is 12.7 Å². The van der Waals surface area contributed by atoms with Gasteiger partial charge in [-0.2, -0.15) is 0 Å². The first kappa shape index (κ1) is 22.0. The fraction of sp³-hybridized carbons (Fsp3) is 0.556. The van der Waals surface area contributed by atoms with Crippen LogP contribution < -0.4 is 15.4 Å². The molecule has 0 radical (unpaired) electrons. The second-order valence-electron chi connectivity index (χ2n) is 7.34. The number of anilines is 1. The number of hydrogen-bond acceptors (Lipinski definition) is 5. The second kappa shape index (κ2) is 9.56. The third kappa shape index (κ3) is 7.86. The van der Waals surface area contributed by atoms with Crippen molar-refractivity contribution in [2.45, 2.75) is 57.6 Å². The Balaban J connectivity index is 2.81. The monoisotopic (exact) mass is 383 g/mol. The first-order valence-corrected chi connectivity index (χ1v) is 9.66. The van der Waals surface area contributed by atoms with Gasteiger partial charge >= 0.3 is 6.09 Å². The molecule has 0 spiro atoms. The SMILES string of the molecule is CNc1cccc(S(=O)NC(=O)C(CC(C)C)NC(=O)OC(C)(C)C)c1. The maximum absolute atomic E-state index is 12.5. The van der Waals surface area contributed by atoms with Crippen LogP contribution in [-0.2, 0) is 20.5 Å². The van der Waals surface area contributed by atoms with Crippen molar-refractivity contribution in [1.29, 1.82) is 0 Å². The molecule has 0 aromatic heterocycles. The van der Waals surface area contributed by atoms with Crippen LogP contribution in [0, 0.1) is 5.92 Å². The summed E-state index contributed by atoms with van der Waals surface area (Å²) in [6.07, 6.45) is -0.278. The molecule has 0 heterocycles. The Bertz CT molecular complexity index is 656. The van der Waals surface area contributed by atoms with Gasteiger partial charge in [0.2, 0.25) is 0 Å². The van der Waals surface area contributed by atoms with E-state index in [0.29, 0.717) is 11.3 Å². The van der Waals surface area contributed by atoms with Crippen LogP contribution in [0.25, 0.3) is 0 Å². The van der Waals surface area contributed by atoms with Crippen molar-refractivity contribution in [3.05, 3.63) is 24.3 Å². The summed E-state index contributed by atoms with van der Waals surface area (Å²) in [5, 5.41) is 5.52. The molecule has 146 valence electrons. The minimum Gasteiger partial charge on any atom is -0.444 e. The number of amides is 2. The molecule has 1 aromatic carbocycles. The first-order chi connectivity index (χ1) is 12.0. The number of alkyl carbamates (subject to hydrolysis) is 1. The number of ether oxygens (including phenoxy) is 1. The number of rotatable bonds is 7. The Morgan fingerprint density at radius 2 is 1.88 bits per heavy atom. The molecule has 8 heteroatoms. The average molecular weight is 384 g/mol. The van der Waals surface area contributed by atoms with Crippen LogP contribution in [0.15, 0.2) is 29.2 Å². The average Bonchev–Trinajstić information content (AvgIpc) is 2.51. The second-order valence-corrected chi connectivity index (χ2v) is 8.55. The molecule has 0 bridgehead atoms. The highest BCUT2D eigenvalue weighted by atomic mass is 32.2. The van der Waals surface area contributed by atoms with Crippen molar-refractivity contribution >= 4 is 28.7 Å². The molecule has 0 fully saturated rings. The summed E-state index contributed by atoms with van der Waals surface area (Å²) in [6.45, 7) is 9.10. The Morgan fingerprint density at radius 1 is 1.23 bits per heavy atom. The van der Waals surface area contributed by atoms with E-state index in [4.69, 9.17) is 4.74 Å². The maximum Gasteiger partial charge on any atom is 0.408 e. The Labute approximate surface area is 157 Å². The highest BCUT2D eigenvalue weighted by Gasteiger charge is 2.26. The first-order valence-electron chi connectivity index (χ1n) is 8.51. The molecule has 0 saturated heterocycles. The molecular weight excluding hydrogens is 354 g/mol. The molecule has 1 rings (SSSR count). The largest absolute Gasteiger partial charge is 0.444 e. The summed E-state index contributed by atoms with van der Waals surface area (Å²) < 4.78 is 20.1. The van der Waals surface area contributed by atoms with Gasteiger partial charge in [-0.05, 0) is 51.3 Å². The molecular formula is C18H29N3O4S. The van der Waals surface area contributed by atoms with Crippen molar-refractivity contribution in [2.75, 3.05) is 12.4 Å². The number of benzene rings is 1. The third-order valence-electron chi connectivity index (χ3n) is 3.24. The summed E-state index contributed by atoms with van der Waals surface area (Å²) in [7, 11) is 0.0277. The predicted molar refractivity (Wildman–Crippen MR) is 103 cm³/mol. The van der Waals surface area contributed by atoms with E-state index >= 15 is 0 Å². The molecule has 26 heavy (non-hydrogen) atoms. The van der Waals surface area contributed by atoms with Gasteiger partial charge in [-0.25, -0.2) is 9.00 Å². The predicted octanol–water partition coefficient (Wildman–Crippen LogP) is 2.81. The van der Waals surface area contributed by atoms with Crippen LogP contribution in [0.4, 0.5) is 10.5 Å². The molecule has 3 N–H and O–H groups in total. The van der Waals surface area contributed by atoms with Crippen molar-refractivity contribution in [2.24, 2.45) is 5.92 Å². The molecule has 2 unspecified atom stereocenters. The van der Waals surface area contributed by atoms with Crippen LogP contribution in [-0.4, -0.2) is 34.9 Å². The van der Waals surface area contributed by atoms with Crippen LogP contribution in [0.1, 0.15) is 41.0 Å². The molecule has 0 saturated carbocycles. The lowest BCUT2D eigenvalue weighted by Gasteiger charge is -2.24. The third-order valence-corrected chi connectivity index (χ3v) is 4.31. The van der Waals surface area contributed by atoms with Gasteiger partial charge in [0.1, 0.15) is 11.6 Å². The van der Waals surface area contributed by atoms with E-state index in [2.05, 4.69) is 15.4 Å². The normalized spacial score (nSPS) is 13.7. The van der Waals surface area contributed by atoms with Crippen LogP contribution >= 0.6 is 0 Å².